The zero-order valence-electron chi connectivity index (χ0n) is 27.5. The van der Waals surface area contributed by atoms with Crippen molar-refractivity contribution in [3.05, 3.63) is 20.5 Å². The van der Waals surface area contributed by atoms with E-state index in [1.165, 1.54) is 103 Å². The van der Waals surface area contributed by atoms with Gasteiger partial charge in [-0.1, -0.05) is 117 Å². The van der Waals surface area contributed by atoms with E-state index in [0.29, 0.717) is 26.4 Å². The predicted molar refractivity (Wildman–Crippen MR) is 187 cm³/mol. The molecule has 4 heterocycles. The van der Waals surface area contributed by atoms with Crippen LogP contribution < -0.4 is 18.9 Å². The van der Waals surface area contributed by atoms with E-state index >= 15 is 0 Å². The molecule has 0 saturated heterocycles. The van der Waals surface area contributed by atoms with Gasteiger partial charge >= 0.3 is 0 Å². The molecule has 0 saturated carbocycles. The van der Waals surface area contributed by atoms with E-state index in [9.17, 15) is 0 Å². The third-order valence-corrected chi connectivity index (χ3v) is 10.4. The van der Waals surface area contributed by atoms with Crippen molar-refractivity contribution >= 4 is 34.1 Å². The van der Waals surface area contributed by atoms with Crippen molar-refractivity contribution in [2.75, 3.05) is 26.4 Å². The molecule has 0 amide bonds. The van der Waals surface area contributed by atoms with Gasteiger partial charge in [-0.3, -0.25) is 0 Å². The summed E-state index contributed by atoms with van der Waals surface area (Å²) in [6, 6.07) is 0. The molecule has 0 atom stereocenters. The average molecular weight is 645 g/mol. The zero-order chi connectivity index (χ0) is 30.7. The van der Waals surface area contributed by atoms with Crippen LogP contribution in [0.4, 0.5) is 0 Å². The van der Waals surface area contributed by atoms with Crippen LogP contribution in [0.2, 0.25) is 0 Å². The van der Waals surface area contributed by atoms with E-state index in [2.05, 4.69) is 24.6 Å². The summed E-state index contributed by atoms with van der Waals surface area (Å²) >= 11 is 3.33. The second-order valence-corrected chi connectivity index (χ2v) is 13.9. The molecule has 4 rings (SSSR count). The Bertz CT molecular complexity index is 1050. The fraction of sp³-hybridized carbons (Fsp3) is 0.722. The van der Waals surface area contributed by atoms with E-state index in [1.807, 2.05) is 0 Å². The second kappa shape index (κ2) is 20.9. The van der Waals surface area contributed by atoms with Gasteiger partial charge < -0.3 is 18.9 Å². The lowest BCUT2D eigenvalue weighted by Crippen LogP contribution is -2.16. The van der Waals surface area contributed by atoms with Crippen molar-refractivity contribution in [3.8, 4) is 23.0 Å². The van der Waals surface area contributed by atoms with Crippen LogP contribution in [0.3, 0.4) is 0 Å². The lowest BCUT2D eigenvalue weighted by Gasteiger charge is -2.17. The van der Waals surface area contributed by atoms with Crippen LogP contribution in [-0.4, -0.2) is 37.9 Å². The standard InChI is InChI=1S/C36H56N2O4S2/c1-3-5-7-9-11-13-15-17-19-21-29(35-33-31(27-43-35)39-23-25-41-33)37-38-30(22-20-18-16-14-12-10-8-6-4-2)36-34-32(28-44-36)40-24-26-42-34/h27-28H,3-26H2,1-2H3/b37-29-,38-30+. The molecule has 2 aliphatic heterocycles. The minimum Gasteiger partial charge on any atom is -0.485 e. The van der Waals surface area contributed by atoms with Crippen LogP contribution in [0.25, 0.3) is 0 Å². The van der Waals surface area contributed by atoms with Gasteiger partial charge in [0, 0.05) is 10.8 Å². The monoisotopic (exact) mass is 644 g/mol. The first-order valence-corrected chi connectivity index (χ1v) is 19.5. The number of hydrogen-bond donors (Lipinski definition) is 0. The smallest absolute Gasteiger partial charge is 0.181 e. The quantitative estimate of drug-likeness (QED) is 0.0686. The highest BCUT2D eigenvalue weighted by atomic mass is 32.1. The molecule has 0 unspecified atom stereocenters. The Morgan fingerprint density at radius 3 is 1.23 bits per heavy atom. The fourth-order valence-corrected chi connectivity index (χ4v) is 7.76. The Morgan fingerprint density at radius 1 is 0.500 bits per heavy atom. The van der Waals surface area contributed by atoms with E-state index in [-0.39, 0.29) is 0 Å². The van der Waals surface area contributed by atoms with Crippen LogP contribution >= 0.6 is 22.7 Å². The number of fused-ring (bicyclic) bond motifs is 2. The maximum absolute atomic E-state index is 6.08. The molecule has 246 valence electrons. The average Bonchev–Trinajstić information content (AvgIpc) is 3.68. The van der Waals surface area contributed by atoms with Crippen molar-refractivity contribution in [1.82, 2.24) is 0 Å². The Morgan fingerprint density at radius 2 is 0.841 bits per heavy atom. The van der Waals surface area contributed by atoms with Crippen molar-refractivity contribution in [1.29, 1.82) is 0 Å². The van der Waals surface area contributed by atoms with E-state index in [1.54, 1.807) is 22.7 Å². The minimum atomic E-state index is 0.577. The molecule has 0 bridgehead atoms. The summed E-state index contributed by atoms with van der Waals surface area (Å²) in [6.07, 6.45) is 25.2. The number of hydrogen-bond acceptors (Lipinski definition) is 8. The highest BCUT2D eigenvalue weighted by Gasteiger charge is 2.24. The molecular weight excluding hydrogens is 589 g/mol. The van der Waals surface area contributed by atoms with E-state index in [4.69, 9.17) is 29.2 Å². The molecule has 0 N–H and O–H groups in total. The van der Waals surface area contributed by atoms with Crippen LogP contribution in [0, 0.1) is 0 Å². The molecule has 6 nitrogen and oxygen atoms in total. The third kappa shape index (κ3) is 11.4. The number of nitrogens with zero attached hydrogens (tertiary/aromatic N) is 2. The van der Waals surface area contributed by atoms with Crippen LogP contribution in [0.15, 0.2) is 21.0 Å². The Kier molecular flexibility index (Phi) is 16.5. The lowest BCUT2D eigenvalue weighted by atomic mass is 10.0. The summed E-state index contributed by atoms with van der Waals surface area (Å²) in [6.45, 7) is 6.91. The van der Waals surface area contributed by atoms with Crippen molar-refractivity contribution in [3.63, 3.8) is 0 Å². The van der Waals surface area contributed by atoms with Gasteiger partial charge in [-0.2, -0.15) is 10.2 Å². The van der Waals surface area contributed by atoms with Gasteiger partial charge in [0.15, 0.2) is 23.0 Å². The highest BCUT2D eigenvalue weighted by molar-refractivity contribution is 7.13. The van der Waals surface area contributed by atoms with Gasteiger partial charge in [0.05, 0.1) is 21.2 Å². The zero-order valence-corrected chi connectivity index (χ0v) is 29.1. The highest BCUT2D eigenvalue weighted by Crippen LogP contribution is 2.42. The molecule has 2 aromatic rings. The summed E-state index contributed by atoms with van der Waals surface area (Å²) in [5.41, 5.74) is 2.02. The van der Waals surface area contributed by atoms with Crippen LogP contribution in [-0.2, 0) is 0 Å². The minimum absolute atomic E-state index is 0.577. The number of ether oxygens (including phenoxy) is 4. The second-order valence-electron chi connectivity index (χ2n) is 12.2. The first-order valence-electron chi connectivity index (χ1n) is 17.7. The Hall–Kier alpha value is -2.06. The molecule has 8 heteroatoms. The summed E-state index contributed by atoms with van der Waals surface area (Å²) in [5, 5.41) is 14.1. The van der Waals surface area contributed by atoms with Gasteiger partial charge in [0.25, 0.3) is 0 Å². The summed E-state index contributed by atoms with van der Waals surface area (Å²) < 4.78 is 23.9. The number of rotatable bonds is 23. The molecule has 2 aliphatic rings. The summed E-state index contributed by atoms with van der Waals surface area (Å²) in [5.74, 6) is 3.37. The molecule has 0 spiro atoms. The Labute approximate surface area is 274 Å². The number of thiophene rings is 2. The molecule has 0 radical (unpaired) electrons. The Balaban J connectivity index is 1.43. The van der Waals surface area contributed by atoms with Crippen LogP contribution in [0.1, 0.15) is 152 Å². The maximum atomic E-state index is 6.08. The third-order valence-electron chi connectivity index (χ3n) is 8.45. The fourth-order valence-electron chi connectivity index (χ4n) is 5.87. The van der Waals surface area contributed by atoms with Crippen molar-refractivity contribution in [2.45, 2.75) is 142 Å². The molecule has 44 heavy (non-hydrogen) atoms. The molecule has 0 aromatic carbocycles. The largest absolute Gasteiger partial charge is 0.485 e. The van der Waals surface area contributed by atoms with Crippen molar-refractivity contribution < 1.29 is 18.9 Å². The van der Waals surface area contributed by atoms with Gasteiger partial charge in [-0.05, 0) is 25.7 Å². The topological polar surface area (TPSA) is 61.6 Å². The SMILES string of the molecule is CCCCCCCCCCC/C(=N/N=C(\CCCCCCCCCCC)c1scc2c1OCCO2)c1scc2c1OCCO2. The maximum Gasteiger partial charge on any atom is 0.181 e. The number of unbranched alkanes of at least 4 members (excludes halogenated alkanes) is 16. The normalized spacial score (nSPS) is 14.8. The van der Waals surface area contributed by atoms with E-state index in [0.717, 1.165) is 69.9 Å². The molecule has 2 aromatic heterocycles. The van der Waals surface area contributed by atoms with E-state index < -0.39 is 0 Å². The van der Waals surface area contributed by atoms with Crippen LogP contribution in [0.5, 0.6) is 23.0 Å². The predicted octanol–water partition coefficient (Wildman–Crippen LogP) is 11.4. The van der Waals surface area contributed by atoms with Gasteiger partial charge in [0.1, 0.15) is 26.4 Å². The molecule has 0 aliphatic carbocycles. The molecular formula is C36H56N2O4S2. The lowest BCUT2D eigenvalue weighted by molar-refractivity contribution is 0.173. The first-order chi connectivity index (χ1) is 21.8. The van der Waals surface area contributed by atoms with Gasteiger partial charge in [-0.15, -0.1) is 22.7 Å². The van der Waals surface area contributed by atoms with Crippen molar-refractivity contribution in [2.24, 2.45) is 10.2 Å². The first kappa shape index (κ1) is 34.8. The van der Waals surface area contributed by atoms with Gasteiger partial charge in [-0.25, -0.2) is 0 Å². The van der Waals surface area contributed by atoms with Gasteiger partial charge in [0.2, 0.25) is 0 Å². The molecule has 0 fully saturated rings. The summed E-state index contributed by atoms with van der Waals surface area (Å²) in [4.78, 5) is 2.14. The summed E-state index contributed by atoms with van der Waals surface area (Å²) in [7, 11) is 0.